The van der Waals surface area contributed by atoms with Gasteiger partial charge in [0.15, 0.2) is 0 Å². The van der Waals surface area contributed by atoms with Crippen LogP contribution >= 0.6 is 0 Å². The summed E-state index contributed by atoms with van der Waals surface area (Å²) in [5, 5.41) is 9.13. The molecule has 0 fully saturated rings. The lowest BCUT2D eigenvalue weighted by atomic mass is 10.1. The molecule has 9 nitrogen and oxygen atoms in total. The quantitative estimate of drug-likeness (QED) is 0.230. The molecule has 0 aliphatic rings. The summed E-state index contributed by atoms with van der Waals surface area (Å²) in [4.78, 5) is 19.1. The molecule has 0 bridgehead atoms. The minimum absolute atomic E-state index is 0.242. The van der Waals surface area contributed by atoms with Crippen molar-refractivity contribution in [1.29, 1.82) is 5.26 Å². The van der Waals surface area contributed by atoms with Gasteiger partial charge in [0, 0.05) is 25.9 Å². The van der Waals surface area contributed by atoms with E-state index >= 15 is 0 Å². The Hall–Kier alpha value is -4.20. The number of fused-ring (bicyclic) bond motifs is 1. The molecule has 4 rings (SSSR count). The first-order valence-corrected chi connectivity index (χ1v) is 15.1. The molecule has 1 aromatic heterocycles. The lowest BCUT2D eigenvalue weighted by molar-refractivity contribution is -0.143. The monoisotopic (exact) mass is 573 g/mol. The van der Waals surface area contributed by atoms with Gasteiger partial charge in [0.2, 0.25) is 0 Å². The molecule has 0 atom stereocenters. The van der Waals surface area contributed by atoms with Crippen LogP contribution in [-0.4, -0.2) is 56.1 Å². The fraction of sp³-hybridized carbons (Fsp3) is 0.323. The van der Waals surface area contributed by atoms with Crippen molar-refractivity contribution in [3.63, 3.8) is 0 Å². The number of esters is 1. The Labute approximate surface area is 241 Å². The zero-order chi connectivity index (χ0) is 29.4. The zero-order valence-electron chi connectivity index (χ0n) is 23.6. The topological polar surface area (TPSA) is 117 Å². The third-order valence-electron chi connectivity index (χ3n) is 6.68. The van der Waals surface area contributed by atoms with Crippen molar-refractivity contribution in [3.8, 4) is 6.07 Å². The molecule has 0 saturated heterocycles. The van der Waals surface area contributed by atoms with Gasteiger partial charge in [0.05, 0.1) is 39.9 Å². The number of nitrogens with zero attached hydrogens (tertiary/aromatic N) is 4. The fourth-order valence-corrected chi connectivity index (χ4v) is 5.97. The van der Waals surface area contributed by atoms with E-state index in [-0.39, 0.29) is 17.3 Å². The van der Waals surface area contributed by atoms with Gasteiger partial charge in [-0.3, -0.25) is 9.52 Å². The van der Waals surface area contributed by atoms with Crippen LogP contribution in [0.3, 0.4) is 0 Å². The summed E-state index contributed by atoms with van der Waals surface area (Å²) in [5.41, 5.74) is 4.22. The van der Waals surface area contributed by atoms with Crippen molar-refractivity contribution in [3.05, 3.63) is 89.2 Å². The number of hydrogen-bond acceptors (Lipinski definition) is 7. The maximum absolute atomic E-state index is 13.4. The first-order chi connectivity index (χ1) is 19.7. The Morgan fingerprint density at radius 2 is 1.85 bits per heavy atom. The molecule has 41 heavy (non-hydrogen) atoms. The van der Waals surface area contributed by atoms with Crippen molar-refractivity contribution in [2.75, 3.05) is 32.0 Å². The summed E-state index contributed by atoms with van der Waals surface area (Å²) in [6.45, 7) is 3.40. The summed E-state index contributed by atoms with van der Waals surface area (Å²) >= 11 is 0. The lowest BCUT2D eigenvalue weighted by Gasteiger charge is -2.14. The number of rotatable bonds is 13. The highest BCUT2D eigenvalue weighted by Crippen LogP contribution is 2.26. The summed E-state index contributed by atoms with van der Waals surface area (Å²) in [6.07, 6.45) is 1.98. The predicted molar refractivity (Wildman–Crippen MR) is 159 cm³/mol. The summed E-state index contributed by atoms with van der Waals surface area (Å²) in [5.74, 6) is 0.538. The predicted octanol–water partition coefficient (Wildman–Crippen LogP) is 4.75. The number of carbonyl (C=O) groups excluding carboxylic acids is 1. The summed E-state index contributed by atoms with van der Waals surface area (Å²) < 4.78 is 36.7. The average molecular weight is 574 g/mol. The number of nitriles is 1. The van der Waals surface area contributed by atoms with Crippen LogP contribution in [0.4, 0.5) is 5.69 Å². The molecular weight excluding hydrogens is 538 g/mol. The first-order valence-electron chi connectivity index (χ1n) is 13.6. The van der Waals surface area contributed by atoms with Gasteiger partial charge in [-0.25, -0.2) is 13.4 Å². The van der Waals surface area contributed by atoms with E-state index in [0.717, 1.165) is 29.0 Å². The minimum Gasteiger partial charge on any atom is -0.466 e. The van der Waals surface area contributed by atoms with Gasteiger partial charge >= 0.3 is 5.97 Å². The second kappa shape index (κ2) is 13.4. The van der Waals surface area contributed by atoms with E-state index < -0.39 is 10.0 Å². The third-order valence-corrected chi connectivity index (χ3v) is 8.16. The number of aromatic nitrogens is 2. The van der Waals surface area contributed by atoms with E-state index in [1.807, 2.05) is 49.3 Å². The van der Waals surface area contributed by atoms with Gasteiger partial charge in [-0.1, -0.05) is 30.3 Å². The van der Waals surface area contributed by atoms with E-state index in [4.69, 9.17) is 15.0 Å². The van der Waals surface area contributed by atoms with Gasteiger partial charge in [-0.2, -0.15) is 5.26 Å². The van der Waals surface area contributed by atoms with Crippen LogP contribution < -0.4 is 4.72 Å². The number of sulfonamides is 1. The number of likely N-dealkylation sites (N-methyl/N-ethyl adjacent to an activating group) is 1. The molecule has 10 heteroatoms. The van der Waals surface area contributed by atoms with E-state index in [1.54, 1.807) is 43.3 Å². The molecule has 0 spiro atoms. The number of nitrogens with one attached hydrogen (secondary N) is 1. The minimum atomic E-state index is -3.83. The van der Waals surface area contributed by atoms with Gasteiger partial charge < -0.3 is 14.2 Å². The molecule has 0 saturated carbocycles. The van der Waals surface area contributed by atoms with Crippen molar-refractivity contribution >= 4 is 32.7 Å². The van der Waals surface area contributed by atoms with E-state index in [2.05, 4.69) is 15.4 Å². The molecule has 1 heterocycles. The van der Waals surface area contributed by atoms with Crippen LogP contribution in [0.2, 0.25) is 0 Å². The van der Waals surface area contributed by atoms with Crippen molar-refractivity contribution in [2.45, 2.75) is 44.0 Å². The molecule has 214 valence electrons. The molecule has 3 aromatic carbocycles. The Bertz CT molecular complexity index is 1650. The highest BCUT2D eigenvalue weighted by Gasteiger charge is 2.20. The molecule has 1 N–H and O–H groups in total. The number of ether oxygens (including phenoxy) is 1. The average Bonchev–Trinajstić information content (AvgIpc) is 3.28. The van der Waals surface area contributed by atoms with Crippen LogP contribution in [0.25, 0.3) is 11.0 Å². The number of carbonyl (C=O) groups is 1. The molecule has 0 amide bonds. The molecule has 0 unspecified atom stereocenters. The summed E-state index contributed by atoms with van der Waals surface area (Å²) in [6, 6.07) is 21.8. The van der Waals surface area contributed by atoms with Crippen molar-refractivity contribution in [1.82, 2.24) is 14.5 Å². The highest BCUT2D eigenvalue weighted by atomic mass is 32.2. The fourth-order valence-electron chi connectivity index (χ4n) is 4.65. The Balaban J connectivity index is 1.63. The highest BCUT2D eigenvalue weighted by molar-refractivity contribution is 7.92. The molecule has 0 radical (unpaired) electrons. The Morgan fingerprint density at radius 3 is 2.56 bits per heavy atom. The van der Waals surface area contributed by atoms with E-state index in [1.165, 1.54) is 0 Å². The maximum atomic E-state index is 13.4. The number of benzene rings is 3. The third kappa shape index (κ3) is 7.72. The largest absolute Gasteiger partial charge is 0.466 e. The van der Waals surface area contributed by atoms with Gasteiger partial charge in [-0.15, -0.1) is 0 Å². The number of aryl methyl sites for hydroxylation is 1. The van der Waals surface area contributed by atoms with Gasteiger partial charge in [-0.05, 0) is 81.4 Å². The first kappa shape index (κ1) is 29.8. The molecule has 4 aromatic rings. The Kier molecular flexibility index (Phi) is 9.76. The normalized spacial score (nSPS) is 11.5. The van der Waals surface area contributed by atoms with Gasteiger partial charge in [0.25, 0.3) is 10.0 Å². The van der Waals surface area contributed by atoms with Gasteiger partial charge in [0.1, 0.15) is 5.82 Å². The maximum Gasteiger partial charge on any atom is 0.305 e. The molecular formula is C31H35N5O4S. The smallest absolute Gasteiger partial charge is 0.305 e. The second-order valence-electron chi connectivity index (χ2n) is 10.0. The van der Waals surface area contributed by atoms with Crippen LogP contribution in [0.5, 0.6) is 0 Å². The molecule has 0 aliphatic heterocycles. The van der Waals surface area contributed by atoms with Crippen LogP contribution in [0.15, 0.2) is 71.6 Å². The van der Waals surface area contributed by atoms with Crippen LogP contribution in [-0.2, 0) is 38.9 Å². The Morgan fingerprint density at radius 1 is 1.10 bits per heavy atom. The van der Waals surface area contributed by atoms with E-state index in [9.17, 15) is 13.2 Å². The molecule has 0 aliphatic carbocycles. The van der Waals surface area contributed by atoms with Crippen LogP contribution in [0.1, 0.15) is 42.3 Å². The van der Waals surface area contributed by atoms with Crippen LogP contribution in [0, 0.1) is 11.3 Å². The zero-order valence-corrected chi connectivity index (χ0v) is 24.4. The second-order valence-corrected chi connectivity index (χ2v) is 11.7. The standard InChI is InChI=1S/C31H35N5O4S/c1-4-40-31(37)10-7-18-36-28-16-15-26(21-27(28)33-30(36)20-23-11-13-24(22-32)14-12-23)34-41(38,39)29-9-6-5-8-25(29)17-19-35(2)3/h5-6,8-9,11-16,21,34H,4,7,10,17-20H2,1-3H3. The number of anilines is 1. The number of hydrogen-bond donors (Lipinski definition) is 1. The van der Waals surface area contributed by atoms with Crippen molar-refractivity contribution < 1.29 is 17.9 Å². The van der Waals surface area contributed by atoms with Crippen molar-refractivity contribution in [2.24, 2.45) is 0 Å². The SMILES string of the molecule is CCOC(=O)CCCn1c(Cc2ccc(C#N)cc2)nc2cc(NS(=O)(=O)c3ccccc3CCN(C)C)ccc21. The number of imidazole rings is 1. The lowest BCUT2D eigenvalue weighted by Crippen LogP contribution is -2.19. The van der Waals surface area contributed by atoms with E-state index in [0.29, 0.717) is 49.2 Å². The summed E-state index contributed by atoms with van der Waals surface area (Å²) in [7, 11) is 0.0800.